The quantitative estimate of drug-likeness (QED) is 0.692. The third kappa shape index (κ3) is 4.64. The van der Waals surface area contributed by atoms with Gasteiger partial charge in [0.15, 0.2) is 0 Å². The second-order valence-corrected chi connectivity index (χ2v) is 4.92. The molecule has 1 atom stereocenters. The molecule has 0 aromatic carbocycles. The fraction of sp³-hybridized carbons (Fsp3) is 0.846. The van der Waals surface area contributed by atoms with Crippen LogP contribution in [0.4, 0.5) is 0 Å². The average Bonchev–Trinajstić information content (AvgIpc) is 2.32. The van der Waals surface area contributed by atoms with Gasteiger partial charge in [0.25, 0.3) is 0 Å². The van der Waals surface area contributed by atoms with Gasteiger partial charge in [0.2, 0.25) is 5.91 Å². The van der Waals surface area contributed by atoms with E-state index in [1.165, 1.54) is 4.90 Å². The van der Waals surface area contributed by atoms with E-state index >= 15 is 0 Å². The first-order chi connectivity index (χ1) is 8.29. The first-order valence-electron chi connectivity index (χ1n) is 6.44. The zero-order valence-corrected chi connectivity index (χ0v) is 11.8. The summed E-state index contributed by atoms with van der Waals surface area (Å²) in [7, 11) is 1.64. The van der Waals surface area contributed by atoms with Crippen LogP contribution in [0.1, 0.15) is 46.5 Å². The Morgan fingerprint density at radius 3 is 2.11 bits per heavy atom. The van der Waals surface area contributed by atoms with Crippen LogP contribution in [0, 0.1) is 5.41 Å². The van der Waals surface area contributed by atoms with Crippen molar-refractivity contribution in [2.75, 3.05) is 13.6 Å². The van der Waals surface area contributed by atoms with Crippen LogP contribution in [0.2, 0.25) is 0 Å². The zero-order chi connectivity index (χ0) is 14.3. The number of hydrogen-bond acceptors (Lipinski definition) is 3. The minimum Gasteiger partial charge on any atom is -0.481 e. The number of rotatable bonds is 8. The van der Waals surface area contributed by atoms with Gasteiger partial charge >= 0.3 is 5.97 Å². The van der Waals surface area contributed by atoms with E-state index in [0.29, 0.717) is 25.8 Å². The van der Waals surface area contributed by atoms with E-state index in [9.17, 15) is 14.7 Å². The van der Waals surface area contributed by atoms with Gasteiger partial charge in [-0.2, -0.15) is 0 Å². The Morgan fingerprint density at radius 2 is 1.78 bits per heavy atom. The lowest BCUT2D eigenvalue weighted by atomic mass is 9.79. The predicted octanol–water partition coefficient (Wildman–Crippen LogP) is 1.50. The van der Waals surface area contributed by atoms with Gasteiger partial charge in [0.05, 0.1) is 11.5 Å². The average molecular weight is 259 g/mol. The largest absolute Gasteiger partial charge is 0.481 e. The number of aliphatic carboxylic acids is 1. The SMILES string of the molecule is CCC(CC)(CC(=O)N(C)CCC(C)O)C(=O)O. The molecule has 106 valence electrons. The number of aliphatic hydroxyl groups is 1. The fourth-order valence-corrected chi connectivity index (χ4v) is 1.81. The highest BCUT2D eigenvalue weighted by Gasteiger charge is 2.37. The van der Waals surface area contributed by atoms with E-state index in [2.05, 4.69) is 0 Å². The van der Waals surface area contributed by atoms with E-state index in [-0.39, 0.29) is 12.3 Å². The van der Waals surface area contributed by atoms with Gasteiger partial charge in [-0.15, -0.1) is 0 Å². The molecule has 1 amide bonds. The summed E-state index contributed by atoms with van der Waals surface area (Å²) in [5, 5.41) is 18.4. The Bertz CT molecular complexity index is 285. The van der Waals surface area contributed by atoms with Crippen LogP contribution in [-0.2, 0) is 9.59 Å². The molecule has 5 heteroatoms. The molecule has 0 rings (SSSR count). The minimum atomic E-state index is -0.962. The van der Waals surface area contributed by atoms with Crippen LogP contribution < -0.4 is 0 Å². The summed E-state index contributed by atoms with van der Waals surface area (Å²) in [5.41, 5.74) is -0.962. The highest BCUT2D eigenvalue weighted by molar-refractivity contribution is 5.84. The molecule has 0 aliphatic heterocycles. The topological polar surface area (TPSA) is 77.8 Å². The monoisotopic (exact) mass is 259 g/mol. The number of aliphatic hydroxyl groups excluding tert-OH is 1. The van der Waals surface area contributed by atoms with Gasteiger partial charge in [0.1, 0.15) is 0 Å². The van der Waals surface area contributed by atoms with Gasteiger partial charge in [-0.3, -0.25) is 9.59 Å². The normalized spacial score (nSPS) is 13.2. The molecule has 18 heavy (non-hydrogen) atoms. The van der Waals surface area contributed by atoms with Crippen LogP contribution in [0.3, 0.4) is 0 Å². The third-order valence-corrected chi connectivity index (χ3v) is 3.60. The third-order valence-electron chi connectivity index (χ3n) is 3.60. The van der Waals surface area contributed by atoms with Crippen LogP contribution >= 0.6 is 0 Å². The lowest BCUT2D eigenvalue weighted by molar-refractivity contribution is -0.154. The molecule has 0 aromatic heterocycles. The molecule has 0 aromatic rings. The first-order valence-corrected chi connectivity index (χ1v) is 6.44. The lowest BCUT2D eigenvalue weighted by Crippen LogP contribution is -2.38. The van der Waals surface area contributed by atoms with Gasteiger partial charge in [0, 0.05) is 20.0 Å². The number of carbonyl (C=O) groups excluding carboxylic acids is 1. The molecule has 0 aliphatic carbocycles. The number of amides is 1. The summed E-state index contributed by atoms with van der Waals surface area (Å²) >= 11 is 0. The maximum absolute atomic E-state index is 12.0. The van der Waals surface area contributed by atoms with Crippen molar-refractivity contribution in [3.8, 4) is 0 Å². The van der Waals surface area contributed by atoms with Crippen LogP contribution in [-0.4, -0.2) is 46.7 Å². The molecule has 5 nitrogen and oxygen atoms in total. The van der Waals surface area contributed by atoms with E-state index in [1.54, 1.807) is 27.8 Å². The number of hydrogen-bond donors (Lipinski definition) is 2. The molecule has 0 fully saturated rings. The second kappa shape index (κ2) is 7.36. The summed E-state index contributed by atoms with van der Waals surface area (Å²) in [6.07, 6.45) is 0.942. The van der Waals surface area contributed by atoms with Gasteiger partial charge in [-0.1, -0.05) is 13.8 Å². The summed E-state index contributed by atoms with van der Waals surface area (Å²) in [5.74, 6) is -1.09. The lowest BCUT2D eigenvalue weighted by Gasteiger charge is -2.28. The molecule has 0 radical (unpaired) electrons. The second-order valence-electron chi connectivity index (χ2n) is 4.92. The van der Waals surface area contributed by atoms with Crippen molar-refractivity contribution in [1.82, 2.24) is 4.90 Å². The molecule has 0 saturated carbocycles. The van der Waals surface area contributed by atoms with Crippen molar-refractivity contribution in [2.45, 2.75) is 52.6 Å². The maximum Gasteiger partial charge on any atom is 0.310 e. The zero-order valence-electron chi connectivity index (χ0n) is 11.8. The summed E-state index contributed by atoms with van der Waals surface area (Å²) in [6.45, 7) is 5.69. The Hall–Kier alpha value is -1.10. The first kappa shape index (κ1) is 16.9. The molecule has 0 bridgehead atoms. The Morgan fingerprint density at radius 1 is 1.28 bits per heavy atom. The number of nitrogens with zero attached hydrogens (tertiary/aromatic N) is 1. The van der Waals surface area contributed by atoms with Crippen molar-refractivity contribution >= 4 is 11.9 Å². The molecule has 0 spiro atoms. The van der Waals surface area contributed by atoms with Gasteiger partial charge < -0.3 is 15.1 Å². The molecular formula is C13H25NO4. The van der Waals surface area contributed by atoms with E-state index in [1.807, 2.05) is 0 Å². The van der Waals surface area contributed by atoms with E-state index in [4.69, 9.17) is 5.11 Å². The van der Waals surface area contributed by atoms with Crippen LogP contribution in [0.25, 0.3) is 0 Å². The fourth-order valence-electron chi connectivity index (χ4n) is 1.81. The van der Waals surface area contributed by atoms with Crippen molar-refractivity contribution < 1.29 is 19.8 Å². The number of carbonyl (C=O) groups is 2. The molecule has 2 N–H and O–H groups in total. The highest BCUT2D eigenvalue weighted by Crippen LogP contribution is 2.31. The molecule has 0 aliphatic rings. The minimum absolute atomic E-state index is 0.0195. The predicted molar refractivity (Wildman–Crippen MR) is 69.2 cm³/mol. The van der Waals surface area contributed by atoms with Crippen LogP contribution in [0.5, 0.6) is 0 Å². The summed E-state index contributed by atoms with van der Waals surface area (Å²) in [4.78, 5) is 24.8. The number of carboxylic acid groups (broad SMARTS) is 1. The standard InChI is InChI=1S/C13H25NO4/c1-5-13(6-2,12(17)18)9-11(16)14(4)8-7-10(3)15/h10,15H,5-9H2,1-4H3,(H,17,18). The van der Waals surface area contributed by atoms with Crippen molar-refractivity contribution in [2.24, 2.45) is 5.41 Å². The smallest absolute Gasteiger partial charge is 0.310 e. The molecule has 1 unspecified atom stereocenters. The highest BCUT2D eigenvalue weighted by atomic mass is 16.4. The summed E-state index contributed by atoms with van der Waals surface area (Å²) < 4.78 is 0. The number of carboxylic acids is 1. The molecule has 0 heterocycles. The van der Waals surface area contributed by atoms with Crippen molar-refractivity contribution in [3.05, 3.63) is 0 Å². The Kier molecular flexibility index (Phi) is 6.91. The van der Waals surface area contributed by atoms with E-state index in [0.717, 1.165) is 0 Å². The van der Waals surface area contributed by atoms with Crippen molar-refractivity contribution in [3.63, 3.8) is 0 Å². The van der Waals surface area contributed by atoms with Crippen LogP contribution in [0.15, 0.2) is 0 Å². The van der Waals surface area contributed by atoms with Gasteiger partial charge in [-0.05, 0) is 26.2 Å². The van der Waals surface area contributed by atoms with Crippen molar-refractivity contribution in [1.29, 1.82) is 0 Å². The summed E-state index contributed by atoms with van der Waals surface area (Å²) in [6, 6.07) is 0. The Labute approximate surface area is 109 Å². The maximum atomic E-state index is 12.0. The molecule has 0 saturated heterocycles. The Balaban J connectivity index is 4.56. The van der Waals surface area contributed by atoms with Gasteiger partial charge in [-0.25, -0.2) is 0 Å². The van der Waals surface area contributed by atoms with E-state index < -0.39 is 17.5 Å². The molecular weight excluding hydrogens is 234 g/mol.